The molecule has 6 heteroatoms. The molecule has 1 saturated carbocycles. The van der Waals surface area contributed by atoms with Crippen molar-refractivity contribution in [2.45, 2.75) is 18.9 Å². The Kier molecular flexibility index (Phi) is 3.45. The zero-order valence-corrected chi connectivity index (χ0v) is 11.9. The van der Waals surface area contributed by atoms with Gasteiger partial charge in [-0.25, -0.2) is 4.79 Å². The van der Waals surface area contributed by atoms with Crippen molar-refractivity contribution in [3.63, 3.8) is 0 Å². The third-order valence-electron chi connectivity index (χ3n) is 3.99. The van der Waals surface area contributed by atoms with Gasteiger partial charge in [0, 0.05) is 13.1 Å². The van der Waals surface area contributed by atoms with Crippen LogP contribution in [0.3, 0.4) is 0 Å². The molecular formula is C15H18N2O4. The molecule has 1 fully saturated rings. The fourth-order valence-corrected chi connectivity index (χ4v) is 2.58. The highest BCUT2D eigenvalue weighted by molar-refractivity contribution is 5.94. The molecule has 0 bridgehead atoms. The van der Waals surface area contributed by atoms with E-state index in [1.54, 1.807) is 17.0 Å². The van der Waals surface area contributed by atoms with Gasteiger partial charge in [0.05, 0.1) is 18.8 Å². The minimum Gasteiger partial charge on any atom is -0.489 e. The fourth-order valence-electron chi connectivity index (χ4n) is 2.58. The Hall–Kier alpha value is -2.24. The number of likely N-dealkylation sites (N-methyl/N-ethyl adjacent to an activating group) is 1. The Morgan fingerprint density at radius 1 is 1.43 bits per heavy atom. The molecule has 21 heavy (non-hydrogen) atoms. The third-order valence-corrected chi connectivity index (χ3v) is 3.99. The van der Waals surface area contributed by atoms with Gasteiger partial charge in [-0.15, -0.1) is 0 Å². The lowest BCUT2D eigenvalue weighted by atomic mass is 10.1. The summed E-state index contributed by atoms with van der Waals surface area (Å²) in [7, 11) is 1.83. The number of aromatic carboxylic acids is 1. The normalized spacial score (nSPS) is 16.9. The van der Waals surface area contributed by atoms with E-state index in [1.807, 2.05) is 11.9 Å². The van der Waals surface area contributed by atoms with Gasteiger partial charge >= 0.3 is 5.97 Å². The molecule has 1 aliphatic heterocycles. The molecule has 1 aliphatic carbocycles. The molecule has 0 unspecified atom stereocenters. The van der Waals surface area contributed by atoms with Gasteiger partial charge < -0.3 is 19.6 Å². The number of hydrogen-bond donors (Lipinski definition) is 1. The summed E-state index contributed by atoms with van der Waals surface area (Å²) >= 11 is 0. The number of anilines is 1. The van der Waals surface area contributed by atoms with Crippen LogP contribution in [0.2, 0.25) is 0 Å². The molecule has 1 aromatic rings. The van der Waals surface area contributed by atoms with Crippen LogP contribution in [0.4, 0.5) is 5.69 Å². The van der Waals surface area contributed by atoms with Crippen molar-refractivity contribution in [3.05, 3.63) is 23.8 Å². The Morgan fingerprint density at radius 2 is 2.19 bits per heavy atom. The topological polar surface area (TPSA) is 70.1 Å². The van der Waals surface area contributed by atoms with Crippen molar-refractivity contribution in [1.82, 2.24) is 4.90 Å². The molecule has 3 rings (SSSR count). The smallest absolute Gasteiger partial charge is 0.339 e. The largest absolute Gasteiger partial charge is 0.489 e. The predicted molar refractivity (Wildman–Crippen MR) is 76.9 cm³/mol. The van der Waals surface area contributed by atoms with Gasteiger partial charge in [0.2, 0.25) is 5.91 Å². The molecule has 1 amide bonds. The van der Waals surface area contributed by atoms with Gasteiger partial charge in [0.15, 0.2) is 5.75 Å². The molecular weight excluding hydrogens is 272 g/mol. The van der Waals surface area contributed by atoms with E-state index in [9.17, 15) is 14.7 Å². The summed E-state index contributed by atoms with van der Waals surface area (Å²) in [6, 6.07) is 5.37. The van der Waals surface area contributed by atoms with Crippen molar-refractivity contribution >= 4 is 17.6 Å². The molecule has 6 nitrogen and oxygen atoms in total. The summed E-state index contributed by atoms with van der Waals surface area (Å²) in [5.74, 6) is -0.598. The predicted octanol–water partition coefficient (Wildman–Crippen LogP) is 1.20. The number of nitrogens with zero attached hydrogens (tertiary/aromatic N) is 2. The molecule has 2 aliphatic rings. The van der Waals surface area contributed by atoms with Crippen LogP contribution in [0.25, 0.3) is 0 Å². The highest BCUT2D eigenvalue weighted by Gasteiger charge is 2.31. The van der Waals surface area contributed by atoms with E-state index in [0.717, 1.165) is 12.8 Å². The molecule has 0 atom stereocenters. The number of fused-ring (bicyclic) bond motifs is 1. The number of carboxylic acid groups (broad SMARTS) is 1. The second kappa shape index (κ2) is 5.27. The van der Waals surface area contributed by atoms with Crippen LogP contribution in [-0.2, 0) is 4.79 Å². The second-order valence-electron chi connectivity index (χ2n) is 5.46. The van der Waals surface area contributed by atoms with Gasteiger partial charge in [-0.2, -0.15) is 0 Å². The minimum atomic E-state index is -1.02. The van der Waals surface area contributed by atoms with E-state index in [4.69, 9.17) is 4.74 Å². The highest BCUT2D eigenvalue weighted by atomic mass is 16.5. The molecule has 112 valence electrons. The molecule has 0 aromatic heterocycles. The first-order chi connectivity index (χ1) is 10.1. The highest BCUT2D eigenvalue weighted by Crippen LogP contribution is 2.35. The van der Waals surface area contributed by atoms with Gasteiger partial charge in [0.25, 0.3) is 0 Å². The average Bonchev–Trinajstić information content (AvgIpc) is 3.30. The summed E-state index contributed by atoms with van der Waals surface area (Å²) in [4.78, 5) is 27.2. The summed E-state index contributed by atoms with van der Waals surface area (Å²) in [5, 5.41) is 9.20. The Balaban J connectivity index is 1.82. The van der Waals surface area contributed by atoms with Crippen LogP contribution < -0.4 is 9.64 Å². The number of para-hydroxylation sites is 1. The maximum atomic E-state index is 12.2. The number of carboxylic acids is 1. The number of ether oxygens (including phenoxy) is 1. The first-order valence-electron chi connectivity index (χ1n) is 7.07. The van der Waals surface area contributed by atoms with Crippen molar-refractivity contribution in [1.29, 1.82) is 0 Å². The van der Waals surface area contributed by atoms with Gasteiger partial charge in [0.1, 0.15) is 12.2 Å². The van der Waals surface area contributed by atoms with Gasteiger partial charge in [-0.3, -0.25) is 4.79 Å². The number of rotatable bonds is 4. The zero-order chi connectivity index (χ0) is 15.0. The zero-order valence-electron chi connectivity index (χ0n) is 11.9. The first-order valence-corrected chi connectivity index (χ1v) is 7.07. The fraction of sp³-hybridized carbons (Fsp3) is 0.467. The molecule has 0 saturated heterocycles. The van der Waals surface area contributed by atoms with Crippen LogP contribution in [0, 0.1) is 0 Å². The van der Waals surface area contributed by atoms with E-state index < -0.39 is 5.97 Å². The number of carbonyl (C=O) groups is 2. The van der Waals surface area contributed by atoms with Gasteiger partial charge in [-0.1, -0.05) is 6.07 Å². The average molecular weight is 290 g/mol. The van der Waals surface area contributed by atoms with E-state index in [0.29, 0.717) is 30.6 Å². The first kappa shape index (κ1) is 13.7. The minimum absolute atomic E-state index is 0.0612. The van der Waals surface area contributed by atoms with E-state index in [1.165, 1.54) is 6.07 Å². The van der Waals surface area contributed by atoms with E-state index in [2.05, 4.69) is 0 Å². The lowest BCUT2D eigenvalue weighted by molar-refractivity contribution is -0.128. The summed E-state index contributed by atoms with van der Waals surface area (Å²) in [5.41, 5.74) is 0.818. The summed E-state index contributed by atoms with van der Waals surface area (Å²) in [6.07, 6.45) is 2.15. The van der Waals surface area contributed by atoms with E-state index >= 15 is 0 Å². The number of hydrogen-bond acceptors (Lipinski definition) is 4. The lowest BCUT2D eigenvalue weighted by Gasteiger charge is -2.32. The number of amides is 1. The second-order valence-corrected chi connectivity index (χ2v) is 5.46. The Labute approximate surface area is 122 Å². The van der Waals surface area contributed by atoms with E-state index in [-0.39, 0.29) is 18.0 Å². The third kappa shape index (κ3) is 2.66. The molecule has 1 N–H and O–H groups in total. The molecule has 0 radical (unpaired) electrons. The monoisotopic (exact) mass is 290 g/mol. The summed E-state index contributed by atoms with van der Waals surface area (Å²) < 4.78 is 5.50. The van der Waals surface area contributed by atoms with Crippen molar-refractivity contribution in [2.75, 3.05) is 31.6 Å². The van der Waals surface area contributed by atoms with Crippen LogP contribution in [0.1, 0.15) is 23.2 Å². The standard InChI is InChI=1S/C15H18N2O4/c1-16(10-5-6-10)13(18)9-17-7-8-21-14-11(15(19)20)3-2-4-12(14)17/h2-4,10H,5-9H2,1H3,(H,19,20). The Morgan fingerprint density at radius 3 is 2.86 bits per heavy atom. The van der Waals surface area contributed by atoms with Crippen molar-refractivity contribution in [3.8, 4) is 5.75 Å². The number of carbonyl (C=O) groups excluding carboxylic acids is 1. The quantitative estimate of drug-likeness (QED) is 0.902. The van der Waals surface area contributed by atoms with Gasteiger partial charge in [-0.05, 0) is 25.0 Å². The van der Waals surface area contributed by atoms with Crippen LogP contribution in [0.15, 0.2) is 18.2 Å². The summed E-state index contributed by atoms with van der Waals surface area (Å²) in [6.45, 7) is 1.23. The van der Waals surface area contributed by atoms with Crippen LogP contribution in [-0.4, -0.2) is 54.7 Å². The maximum Gasteiger partial charge on any atom is 0.339 e. The van der Waals surface area contributed by atoms with Crippen LogP contribution in [0.5, 0.6) is 5.75 Å². The molecule has 0 spiro atoms. The molecule has 1 aromatic carbocycles. The molecule has 1 heterocycles. The maximum absolute atomic E-state index is 12.2. The number of benzene rings is 1. The Bertz CT molecular complexity index is 583. The van der Waals surface area contributed by atoms with Crippen LogP contribution >= 0.6 is 0 Å². The van der Waals surface area contributed by atoms with Crippen molar-refractivity contribution in [2.24, 2.45) is 0 Å². The lowest BCUT2D eigenvalue weighted by Crippen LogP contribution is -2.42. The van der Waals surface area contributed by atoms with Crippen molar-refractivity contribution < 1.29 is 19.4 Å². The SMILES string of the molecule is CN(C(=O)CN1CCOc2c(C(=O)O)cccc21)C1CC1.